The Balaban J connectivity index is 1.72. The van der Waals surface area contributed by atoms with E-state index in [4.69, 9.17) is 0 Å². The molecule has 2 amide bonds. The van der Waals surface area contributed by atoms with Gasteiger partial charge in [0.25, 0.3) is 0 Å². The second-order valence-corrected chi connectivity index (χ2v) is 5.30. The number of benzene rings is 1. The highest BCUT2D eigenvalue weighted by atomic mass is 16.2. The summed E-state index contributed by atoms with van der Waals surface area (Å²) in [5.41, 5.74) is 1.86. The van der Waals surface area contributed by atoms with Gasteiger partial charge in [-0.2, -0.15) is 0 Å². The summed E-state index contributed by atoms with van der Waals surface area (Å²) in [5.74, 6) is -0.197. The third kappa shape index (κ3) is 4.66. The number of carbonyl (C=O) groups is 2. The fourth-order valence-corrected chi connectivity index (χ4v) is 1.82. The van der Waals surface area contributed by atoms with Crippen LogP contribution in [0.1, 0.15) is 25.3 Å². The normalized spacial score (nSPS) is 15.5. The summed E-state index contributed by atoms with van der Waals surface area (Å²) in [5, 5.41) is 8.62. The molecule has 1 aromatic carbocycles. The van der Waals surface area contributed by atoms with Crippen LogP contribution in [0.4, 0.5) is 5.69 Å². The quantitative estimate of drug-likeness (QED) is 0.730. The number of hydrogen-bond acceptors (Lipinski definition) is 3. The van der Waals surface area contributed by atoms with Gasteiger partial charge in [0, 0.05) is 11.7 Å². The second-order valence-electron chi connectivity index (χ2n) is 5.30. The number of carbonyl (C=O) groups excluding carboxylic acids is 2. The molecule has 5 nitrogen and oxygen atoms in total. The molecule has 1 atom stereocenters. The van der Waals surface area contributed by atoms with Gasteiger partial charge in [-0.3, -0.25) is 14.9 Å². The van der Waals surface area contributed by atoms with E-state index in [0.717, 1.165) is 24.1 Å². The molecule has 0 radical (unpaired) electrons. The molecule has 0 spiro atoms. The van der Waals surface area contributed by atoms with Crippen LogP contribution in [0.25, 0.3) is 0 Å². The SMILES string of the molecule is Cc1cccc(NC(=O)CNC(C)C(=O)NC2CC2)c1. The van der Waals surface area contributed by atoms with E-state index in [2.05, 4.69) is 16.0 Å². The molecule has 1 aromatic rings. The highest BCUT2D eigenvalue weighted by Gasteiger charge is 2.25. The number of nitrogens with one attached hydrogen (secondary N) is 3. The van der Waals surface area contributed by atoms with Crippen LogP contribution in [0.5, 0.6) is 0 Å². The van der Waals surface area contributed by atoms with E-state index in [0.29, 0.717) is 6.04 Å². The summed E-state index contributed by atoms with van der Waals surface area (Å²) in [4.78, 5) is 23.5. The first-order valence-electron chi connectivity index (χ1n) is 6.95. The van der Waals surface area contributed by atoms with Gasteiger partial charge in [-0.25, -0.2) is 0 Å². The Labute approximate surface area is 119 Å². The van der Waals surface area contributed by atoms with Gasteiger partial charge in [-0.1, -0.05) is 12.1 Å². The largest absolute Gasteiger partial charge is 0.352 e. The van der Waals surface area contributed by atoms with Crippen LogP contribution in [-0.2, 0) is 9.59 Å². The number of hydrogen-bond donors (Lipinski definition) is 3. The fourth-order valence-electron chi connectivity index (χ4n) is 1.82. The van der Waals surface area contributed by atoms with Gasteiger partial charge in [0.15, 0.2) is 0 Å². The molecule has 2 rings (SSSR count). The summed E-state index contributed by atoms with van der Waals surface area (Å²) < 4.78 is 0. The van der Waals surface area contributed by atoms with Gasteiger partial charge >= 0.3 is 0 Å². The molecule has 3 N–H and O–H groups in total. The molecular weight excluding hydrogens is 254 g/mol. The summed E-state index contributed by atoms with van der Waals surface area (Å²) in [7, 11) is 0. The van der Waals surface area contributed by atoms with Crippen LogP contribution in [0.3, 0.4) is 0 Å². The maximum atomic E-state index is 11.8. The van der Waals surface area contributed by atoms with Gasteiger partial charge in [0.2, 0.25) is 11.8 Å². The molecule has 0 saturated heterocycles. The molecule has 1 saturated carbocycles. The maximum absolute atomic E-state index is 11.8. The van der Waals surface area contributed by atoms with Crippen LogP contribution in [0, 0.1) is 6.92 Å². The molecule has 0 aliphatic heterocycles. The van der Waals surface area contributed by atoms with Crippen molar-refractivity contribution in [3.63, 3.8) is 0 Å². The van der Waals surface area contributed by atoms with Gasteiger partial charge in [0.05, 0.1) is 12.6 Å². The topological polar surface area (TPSA) is 70.2 Å². The van der Waals surface area contributed by atoms with E-state index in [1.54, 1.807) is 6.92 Å². The van der Waals surface area contributed by atoms with Crippen molar-refractivity contribution in [1.29, 1.82) is 0 Å². The van der Waals surface area contributed by atoms with Crippen molar-refractivity contribution in [2.24, 2.45) is 0 Å². The molecule has 0 bridgehead atoms. The summed E-state index contributed by atoms with van der Waals surface area (Å²) in [6, 6.07) is 7.59. The molecular formula is C15H21N3O2. The molecule has 108 valence electrons. The minimum Gasteiger partial charge on any atom is -0.352 e. The average Bonchev–Trinajstić information content (AvgIpc) is 3.19. The van der Waals surface area contributed by atoms with Crippen molar-refractivity contribution in [3.05, 3.63) is 29.8 Å². The maximum Gasteiger partial charge on any atom is 0.238 e. The zero-order valence-electron chi connectivity index (χ0n) is 11.9. The Kier molecular flexibility index (Phi) is 4.74. The first-order chi connectivity index (χ1) is 9.54. The lowest BCUT2D eigenvalue weighted by Gasteiger charge is -2.13. The molecule has 1 aliphatic rings. The third-order valence-corrected chi connectivity index (χ3v) is 3.19. The van der Waals surface area contributed by atoms with Crippen molar-refractivity contribution in [2.75, 3.05) is 11.9 Å². The van der Waals surface area contributed by atoms with Crippen molar-refractivity contribution in [2.45, 2.75) is 38.8 Å². The molecule has 0 aromatic heterocycles. The monoisotopic (exact) mass is 275 g/mol. The number of amides is 2. The Morgan fingerprint density at radius 2 is 2.10 bits per heavy atom. The predicted octanol–water partition coefficient (Wildman–Crippen LogP) is 1.19. The first-order valence-corrected chi connectivity index (χ1v) is 6.95. The lowest BCUT2D eigenvalue weighted by atomic mass is 10.2. The summed E-state index contributed by atoms with van der Waals surface area (Å²) >= 11 is 0. The van der Waals surface area contributed by atoms with Crippen LogP contribution in [0.2, 0.25) is 0 Å². The zero-order chi connectivity index (χ0) is 14.5. The van der Waals surface area contributed by atoms with E-state index in [1.807, 2.05) is 31.2 Å². The Morgan fingerprint density at radius 1 is 1.35 bits per heavy atom. The van der Waals surface area contributed by atoms with Crippen LogP contribution in [0.15, 0.2) is 24.3 Å². The number of aryl methyl sites for hydroxylation is 1. The van der Waals surface area contributed by atoms with E-state index >= 15 is 0 Å². The molecule has 1 fully saturated rings. The second kappa shape index (κ2) is 6.52. The first kappa shape index (κ1) is 14.5. The van der Waals surface area contributed by atoms with Crippen molar-refractivity contribution in [1.82, 2.24) is 10.6 Å². The summed E-state index contributed by atoms with van der Waals surface area (Å²) in [6.45, 7) is 3.85. The van der Waals surface area contributed by atoms with Gasteiger partial charge in [0.1, 0.15) is 0 Å². The Morgan fingerprint density at radius 3 is 2.75 bits per heavy atom. The van der Waals surface area contributed by atoms with Crippen molar-refractivity contribution < 1.29 is 9.59 Å². The minimum atomic E-state index is -0.362. The van der Waals surface area contributed by atoms with Crippen LogP contribution >= 0.6 is 0 Å². The highest BCUT2D eigenvalue weighted by molar-refractivity contribution is 5.93. The van der Waals surface area contributed by atoms with Crippen molar-refractivity contribution in [3.8, 4) is 0 Å². The fraction of sp³-hybridized carbons (Fsp3) is 0.467. The summed E-state index contributed by atoms with van der Waals surface area (Å²) in [6.07, 6.45) is 2.12. The lowest BCUT2D eigenvalue weighted by Crippen LogP contribution is -2.45. The average molecular weight is 275 g/mol. The lowest BCUT2D eigenvalue weighted by molar-refractivity contribution is -0.123. The van der Waals surface area contributed by atoms with Crippen molar-refractivity contribution >= 4 is 17.5 Å². The van der Waals surface area contributed by atoms with E-state index in [-0.39, 0.29) is 24.4 Å². The molecule has 5 heteroatoms. The molecule has 1 aliphatic carbocycles. The van der Waals surface area contributed by atoms with Gasteiger partial charge in [-0.15, -0.1) is 0 Å². The zero-order valence-corrected chi connectivity index (χ0v) is 11.9. The van der Waals surface area contributed by atoms with E-state index in [1.165, 1.54) is 0 Å². The molecule has 0 heterocycles. The number of rotatable bonds is 6. The smallest absolute Gasteiger partial charge is 0.238 e. The third-order valence-electron chi connectivity index (χ3n) is 3.19. The van der Waals surface area contributed by atoms with Crippen LogP contribution in [-0.4, -0.2) is 30.4 Å². The van der Waals surface area contributed by atoms with Gasteiger partial charge < -0.3 is 10.6 Å². The Bertz CT molecular complexity index is 498. The Hall–Kier alpha value is -1.88. The van der Waals surface area contributed by atoms with Crippen LogP contribution < -0.4 is 16.0 Å². The minimum absolute atomic E-state index is 0.0455. The molecule has 20 heavy (non-hydrogen) atoms. The molecule has 1 unspecified atom stereocenters. The van der Waals surface area contributed by atoms with E-state index in [9.17, 15) is 9.59 Å². The van der Waals surface area contributed by atoms with Gasteiger partial charge in [-0.05, 0) is 44.4 Å². The van der Waals surface area contributed by atoms with E-state index < -0.39 is 0 Å². The highest BCUT2D eigenvalue weighted by Crippen LogP contribution is 2.18. The predicted molar refractivity (Wildman–Crippen MR) is 78.4 cm³/mol. The number of anilines is 1. The standard InChI is InChI=1S/C15H21N3O2/c1-10-4-3-5-13(8-10)17-14(19)9-16-11(2)15(20)18-12-6-7-12/h3-5,8,11-12,16H,6-7,9H2,1-2H3,(H,17,19)(H,18,20).